The lowest BCUT2D eigenvalue weighted by Crippen LogP contribution is -2.11. The molecule has 6 heteroatoms. The van der Waals surface area contributed by atoms with Gasteiger partial charge in [0.15, 0.2) is 0 Å². The number of halogens is 1. The number of allylic oxidation sites excluding steroid dienone is 1. The van der Waals surface area contributed by atoms with Crippen LogP contribution < -0.4 is 10.6 Å². The van der Waals surface area contributed by atoms with Crippen molar-refractivity contribution in [2.24, 2.45) is 0 Å². The minimum Gasteiger partial charge on any atom is -0.353 e. The summed E-state index contributed by atoms with van der Waals surface area (Å²) in [7, 11) is 0. The second kappa shape index (κ2) is 4.89. The van der Waals surface area contributed by atoms with Crippen molar-refractivity contribution in [3.63, 3.8) is 0 Å². The molecule has 0 saturated carbocycles. The van der Waals surface area contributed by atoms with Gasteiger partial charge >= 0.3 is 0 Å². The Kier molecular flexibility index (Phi) is 2.96. The lowest BCUT2D eigenvalue weighted by molar-refractivity contribution is -0.110. The quantitative estimate of drug-likeness (QED) is 0.533. The Morgan fingerprint density at radius 2 is 1.83 bits per heavy atom. The molecule has 4 rings (SSSR count). The fourth-order valence-corrected chi connectivity index (χ4v) is 3.22. The lowest BCUT2D eigenvalue weighted by atomic mass is 10.0. The third kappa shape index (κ3) is 2.03. The Morgan fingerprint density at radius 3 is 2.61 bits per heavy atom. The molecule has 0 atom stereocenters. The summed E-state index contributed by atoms with van der Waals surface area (Å²) in [5, 5.41) is 14.3. The van der Waals surface area contributed by atoms with Crippen LogP contribution in [0.25, 0.3) is 5.57 Å². The van der Waals surface area contributed by atoms with Crippen LogP contribution >= 0.6 is 15.9 Å². The molecule has 3 N–H and O–H groups in total. The molecule has 0 aromatic heterocycles. The van der Waals surface area contributed by atoms with Gasteiger partial charge in [-0.05, 0) is 30.3 Å². The number of carbonyl (C=O) groups excluding carboxylic acids is 2. The molecule has 5 nitrogen and oxygen atoms in total. The molecule has 2 aromatic carbocycles. The predicted molar refractivity (Wildman–Crippen MR) is 92.0 cm³/mol. The Labute approximate surface area is 140 Å². The first-order chi connectivity index (χ1) is 11.1. The first-order valence-corrected chi connectivity index (χ1v) is 7.69. The van der Waals surface area contributed by atoms with E-state index in [1.54, 1.807) is 18.2 Å². The normalized spacial score (nSPS) is 18.3. The van der Waals surface area contributed by atoms with Crippen molar-refractivity contribution >= 4 is 50.8 Å². The van der Waals surface area contributed by atoms with E-state index in [0.717, 1.165) is 22.0 Å². The molecule has 2 aliphatic heterocycles. The fraction of sp³-hybridized carbons (Fsp3) is 0. The van der Waals surface area contributed by atoms with E-state index in [1.165, 1.54) is 0 Å². The maximum Gasteiger partial charge on any atom is 0.258 e. The fourth-order valence-electron chi connectivity index (χ4n) is 2.86. The van der Waals surface area contributed by atoms with Crippen molar-refractivity contribution in [2.75, 3.05) is 10.6 Å². The summed E-state index contributed by atoms with van der Waals surface area (Å²) < 4.78 is 0.871. The number of benzene rings is 2. The number of aldehydes is 1. The molecule has 0 fully saturated rings. The molecule has 112 valence electrons. The second-order valence-electron chi connectivity index (χ2n) is 5.32. The molecule has 0 aliphatic carbocycles. The van der Waals surface area contributed by atoms with E-state index in [4.69, 9.17) is 5.41 Å². The van der Waals surface area contributed by atoms with Gasteiger partial charge in [-0.1, -0.05) is 22.0 Å². The number of hydrogen-bond donors (Lipinski definition) is 3. The first-order valence-electron chi connectivity index (χ1n) is 6.89. The van der Waals surface area contributed by atoms with Crippen LogP contribution in [0.4, 0.5) is 11.4 Å². The van der Waals surface area contributed by atoms with Gasteiger partial charge in [0.05, 0.1) is 22.7 Å². The third-order valence-corrected chi connectivity index (χ3v) is 4.43. The van der Waals surface area contributed by atoms with Crippen molar-refractivity contribution in [1.82, 2.24) is 0 Å². The van der Waals surface area contributed by atoms with E-state index in [0.29, 0.717) is 28.1 Å². The molecule has 2 aromatic rings. The summed E-state index contributed by atoms with van der Waals surface area (Å²) in [6, 6.07) is 10.6. The van der Waals surface area contributed by atoms with Crippen LogP contribution in [0.3, 0.4) is 0 Å². The first kappa shape index (κ1) is 13.9. The lowest BCUT2D eigenvalue weighted by Gasteiger charge is -2.05. The number of anilines is 2. The minimum atomic E-state index is -0.242. The Hall–Kier alpha value is -2.73. The number of hydrogen-bond acceptors (Lipinski definition) is 4. The summed E-state index contributed by atoms with van der Waals surface area (Å²) in [5.41, 5.74) is 4.44. The molecule has 23 heavy (non-hydrogen) atoms. The zero-order valence-electron chi connectivity index (χ0n) is 11.7. The highest BCUT2D eigenvalue weighted by molar-refractivity contribution is 9.10. The van der Waals surface area contributed by atoms with E-state index in [-0.39, 0.29) is 11.6 Å². The van der Waals surface area contributed by atoms with Gasteiger partial charge in [-0.15, -0.1) is 0 Å². The van der Waals surface area contributed by atoms with E-state index in [1.807, 2.05) is 18.2 Å². The van der Waals surface area contributed by atoms with Gasteiger partial charge < -0.3 is 10.6 Å². The molecule has 1 amide bonds. The second-order valence-corrected chi connectivity index (χ2v) is 6.23. The molecule has 2 heterocycles. The average Bonchev–Trinajstić information content (AvgIpc) is 3.03. The number of rotatable bonds is 1. The monoisotopic (exact) mass is 367 g/mol. The summed E-state index contributed by atoms with van der Waals surface area (Å²) in [5.74, 6) is -0.242. The van der Waals surface area contributed by atoms with Gasteiger partial charge in [-0.25, -0.2) is 0 Å². The molecular formula is C17H10BrN3O2. The van der Waals surface area contributed by atoms with E-state index in [2.05, 4.69) is 26.6 Å². The molecular weight excluding hydrogens is 358 g/mol. The molecule has 0 bridgehead atoms. The van der Waals surface area contributed by atoms with Gasteiger partial charge in [0.25, 0.3) is 5.91 Å². The van der Waals surface area contributed by atoms with Crippen LogP contribution in [0.2, 0.25) is 0 Å². The Morgan fingerprint density at radius 1 is 1.00 bits per heavy atom. The molecule has 2 aliphatic rings. The number of amides is 1. The van der Waals surface area contributed by atoms with Gasteiger partial charge in [-0.3, -0.25) is 15.0 Å². The maximum atomic E-state index is 12.4. The van der Waals surface area contributed by atoms with Crippen LogP contribution in [0, 0.1) is 5.41 Å². The average molecular weight is 368 g/mol. The van der Waals surface area contributed by atoms with Crippen molar-refractivity contribution in [1.29, 1.82) is 5.41 Å². The molecule has 0 radical (unpaired) electrons. The number of nitrogens with one attached hydrogen (secondary N) is 3. The third-order valence-electron chi connectivity index (χ3n) is 3.93. The van der Waals surface area contributed by atoms with Crippen molar-refractivity contribution < 1.29 is 9.59 Å². The minimum absolute atomic E-state index is 0.213. The zero-order valence-corrected chi connectivity index (χ0v) is 13.3. The Balaban J connectivity index is 1.89. The summed E-state index contributed by atoms with van der Waals surface area (Å²) >= 11 is 3.38. The smallest absolute Gasteiger partial charge is 0.258 e. The number of carbonyl (C=O) groups is 2. The van der Waals surface area contributed by atoms with E-state index in [9.17, 15) is 9.59 Å². The van der Waals surface area contributed by atoms with E-state index < -0.39 is 0 Å². The standard InChI is InChI=1S/C17H10BrN3O2/c18-9-2-3-10-13(6-9)21-17(23)14(10)16-15(19)11-5-8(7-22)1-4-12(11)20-16/h1-7,19-20H,(H,21,23)/b16-14-,19-15?. The molecule has 0 saturated heterocycles. The van der Waals surface area contributed by atoms with Crippen molar-refractivity contribution in [2.45, 2.75) is 0 Å². The van der Waals surface area contributed by atoms with Gasteiger partial charge in [-0.2, -0.15) is 0 Å². The topological polar surface area (TPSA) is 82.1 Å². The van der Waals surface area contributed by atoms with Crippen molar-refractivity contribution in [3.8, 4) is 0 Å². The largest absolute Gasteiger partial charge is 0.353 e. The molecule has 0 spiro atoms. The molecule has 0 unspecified atom stereocenters. The zero-order chi connectivity index (χ0) is 16.1. The highest BCUT2D eigenvalue weighted by Gasteiger charge is 2.33. The van der Waals surface area contributed by atoms with Crippen LogP contribution in [-0.2, 0) is 4.79 Å². The van der Waals surface area contributed by atoms with Crippen LogP contribution in [0.1, 0.15) is 21.5 Å². The van der Waals surface area contributed by atoms with Crippen LogP contribution in [0.15, 0.2) is 46.6 Å². The van der Waals surface area contributed by atoms with Crippen LogP contribution in [-0.4, -0.2) is 17.9 Å². The van der Waals surface area contributed by atoms with Gasteiger partial charge in [0, 0.05) is 26.9 Å². The number of fused-ring (bicyclic) bond motifs is 2. The van der Waals surface area contributed by atoms with Gasteiger partial charge in [0.1, 0.15) is 6.29 Å². The highest BCUT2D eigenvalue weighted by Crippen LogP contribution is 2.39. The highest BCUT2D eigenvalue weighted by atomic mass is 79.9. The summed E-state index contributed by atoms with van der Waals surface area (Å²) in [6.07, 6.45) is 0.744. The predicted octanol–water partition coefficient (Wildman–Crippen LogP) is 3.42. The van der Waals surface area contributed by atoms with Gasteiger partial charge in [0.2, 0.25) is 0 Å². The summed E-state index contributed by atoms with van der Waals surface area (Å²) in [6.45, 7) is 0. The Bertz CT molecular complexity index is 947. The maximum absolute atomic E-state index is 12.4. The SMILES string of the molecule is N=C1/C(=C2/C(=O)Nc3cc(Br)ccc32)Nc2ccc(C=O)cc21. The van der Waals surface area contributed by atoms with Crippen LogP contribution in [0.5, 0.6) is 0 Å². The van der Waals surface area contributed by atoms with Crippen molar-refractivity contribution in [3.05, 3.63) is 63.3 Å². The summed E-state index contributed by atoms with van der Waals surface area (Å²) in [4.78, 5) is 23.3. The van der Waals surface area contributed by atoms with E-state index >= 15 is 0 Å².